The van der Waals surface area contributed by atoms with Crippen LogP contribution in [0.1, 0.15) is 24.0 Å². The minimum Gasteiger partial charge on any atom is -0.497 e. The summed E-state index contributed by atoms with van der Waals surface area (Å²) in [5.41, 5.74) is 4.21. The Bertz CT molecular complexity index is 1330. The molecule has 0 amide bonds. The number of aryl methyl sites for hydroxylation is 1. The molecule has 4 aromatic rings. The van der Waals surface area contributed by atoms with Crippen LogP contribution in [0.4, 0.5) is 5.95 Å². The zero-order chi connectivity index (χ0) is 22.8. The molecular formula is C25H28N6O2. The van der Waals surface area contributed by atoms with Gasteiger partial charge in [0.1, 0.15) is 5.75 Å². The third-order valence-corrected chi connectivity index (χ3v) is 6.27. The molecule has 2 aromatic carbocycles. The van der Waals surface area contributed by atoms with Gasteiger partial charge in [-0.3, -0.25) is 9.78 Å². The average molecular weight is 445 g/mol. The van der Waals surface area contributed by atoms with E-state index >= 15 is 0 Å². The molecule has 170 valence electrons. The number of benzene rings is 2. The molecular weight excluding hydrogens is 416 g/mol. The Morgan fingerprint density at radius 3 is 2.61 bits per heavy atom. The lowest BCUT2D eigenvalue weighted by atomic mass is 10.0. The molecule has 33 heavy (non-hydrogen) atoms. The summed E-state index contributed by atoms with van der Waals surface area (Å²) < 4.78 is 5.23. The van der Waals surface area contributed by atoms with Crippen LogP contribution in [-0.4, -0.2) is 57.6 Å². The zero-order valence-corrected chi connectivity index (χ0v) is 19.0. The molecule has 1 aliphatic heterocycles. The summed E-state index contributed by atoms with van der Waals surface area (Å²) in [5, 5.41) is 3.40. The number of ether oxygens (including phenoxy) is 1. The van der Waals surface area contributed by atoms with Gasteiger partial charge in [0.15, 0.2) is 11.2 Å². The third-order valence-electron chi connectivity index (χ3n) is 6.27. The largest absolute Gasteiger partial charge is 0.497 e. The van der Waals surface area contributed by atoms with Crippen molar-refractivity contribution in [2.45, 2.75) is 32.2 Å². The Morgan fingerprint density at radius 1 is 1.06 bits per heavy atom. The minimum atomic E-state index is -0.268. The number of hydrogen-bond donors (Lipinski definition) is 2. The second kappa shape index (κ2) is 9.15. The fraction of sp³-hybridized carbons (Fsp3) is 0.360. The lowest BCUT2D eigenvalue weighted by Gasteiger charge is -2.32. The van der Waals surface area contributed by atoms with Crippen LogP contribution in [0.2, 0.25) is 0 Å². The third kappa shape index (κ3) is 4.80. The van der Waals surface area contributed by atoms with E-state index in [1.807, 2.05) is 37.3 Å². The standard InChI is InChI=1S/C25H28N6O2/c1-16-3-8-20-21(15-16)27-22-23(28-20)29-25(30-24(22)32)26-18-10-13-31(14-11-18)12-9-17-4-6-19(33-2)7-5-17/h3-8,15,18H,9-14H2,1-2H3,(H2,26,28,29,30,32). The molecule has 8 nitrogen and oxygen atoms in total. The van der Waals surface area contributed by atoms with E-state index in [0.29, 0.717) is 17.1 Å². The zero-order valence-electron chi connectivity index (χ0n) is 19.0. The number of aromatic amines is 1. The van der Waals surface area contributed by atoms with Crippen LogP contribution in [0.25, 0.3) is 22.2 Å². The number of anilines is 1. The highest BCUT2D eigenvalue weighted by Gasteiger charge is 2.20. The lowest BCUT2D eigenvalue weighted by Crippen LogP contribution is -2.40. The van der Waals surface area contributed by atoms with Crippen LogP contribution in [0.15, 0.2) is 47.3 Å². The molecule has 0 bridgehead atoms. The van der Waals surface area contributed by atoms with Gasteiger partial charge < -0.3 is 15.0 Å². The summed E-state index contributed by atoms with van der Waals surface area (Å²) in [4.78, 5) is 31.5. The van der Waals surface area contributed by atoms with E-state index in [1.165, 1.54) is 5.56 Å². The van der Waals surface area contributed by atoms with Crippen molar-refractivity contribution in [3.05, 3.63) is 63.9 Å². The Labute approximate surface area is 192 Å². The molecule has 1 aliphatic rings. The van der Waals surface area contributed by atoms with E-state index in [9.17, 15) is 4.79 Å². The number of nitrogens with zero attached hydrogens (tertiary/aromatic N) is 4. The van der Waals surface area contributed by atoms with Crippen molar-refractivity contribution in [3.63, 3.8) is 0 Å². The number of nitrogens with one attached hydrogen (secondary N) is 2. The van der Waals surface area contributed by atoms with Crippen LogP contribution >= 0.6 is 0 Å². The van der Waals surface area contributed by atoms with Crippen molar-refractivity contribution in [1.82, 2.24) is 24.8 Å². The predicted octanol–water partition coefficient (Wildman–Crippen LogP) is 3.30. The molecule has 0 radical (unpaired) electrons. The summed E-state index contributed by atoms with van der Waals surface area (Å²) in [7, 11) is 1.69. The average Bonchev–Trinajstić information content (AvgIpc) is 2.83. The van der Waals surface area contributed by atoms with E-state index < -0.39 is 0 Å². The van der Waals surface area contributed by atoms with Crippen LogP contribution in [0.5, 0.6) is 5.75 Å². The molecule has 8 heteroatoms. The number of likely N-dealkylation sites (tertiary alicyclic amines) is 1. The predicted molar refractivity (Wildman–Crippen MR) is 130 cm³/mol. The Hall–Kier alpha value is -3.52. The first kappa shape index (κ1) is 21.3. The molecule has 0 aliphatic carbocycles. The van der Waals surface area contributed by atoms with Crippen molar-refractivity contribution in [3.8, 4) is 5.75 Å². The molecule has 3 heterocycles. The molecule has 0 saturated carbocycles. The second-order valence-electron chi connectivity index (χ2n) is 8.66. The second-order valence-corrected chi connectivity index (χ2v) is 8.66. The minimum absolute atomic E-state index is 0.263. The van der Waals surface area contributed by atoms with E-state index in [-0.39, 0.29) is 17.1 Å². The highest BCUT2D eigenvalue weighted by atomic mass is 16.5. The summed E-state index contributed by atoms with van der Waals surface area (Å²) in [5.74, 6) is 1.35. The maximum absolute atomic E-state index is 12.6. The number of H-pyrrole nitrogens is 1. The van der Waals surface area contributed by atoms with Gasteiger partial charge in [-0.15, -0.1) is 0 Å². The van der Waals surface area contributed by atoms with Crippen molar-refractivity contribution in [1.29, 1.82) is 0 Å². The topological polar surface area (TPSA) is 96.0 Å². The first-order valence-electron chi connectivity index (χ1n) is 11.4. The van der Waals surface area contributed by atoms with E-state index in [4.69, 9.17) is 4.74 Å². The van der Waals surface area contributed by atoms with E-state index in [0.717, 1.165) is 55.7 Å². The number of piperidine rings is 1. The number of aromatic nitrogens is 4. The summed E-state index contributed by atoms with van der Waals surface area (Å²) in [6, 6.07) is 14.4. The van der Waals surface area contributed by atoms with Gasteiger partial charge in [0, 0.05) is 25.7 Å². The van der Waals surface area contributed by atoms with E-state index in [1.54, 1.807) is 7.11 Å². The molecule has 0 atom stereocenters. The Kier molecular flexibility index (Phi) is 5.92. The van der Waals surface area contributed by atoms with E-state index in [2.05, 4.69) is 42.3 Å². The smallest absolute Gasteiger partial charge is 0.280 e. The van der Waals surface area contributed by atoms with Crippen LogP contribution < -0.4 is 15.6 Å². The molecule has 5 rings (SSSR count). The maximum Gasteiger partial charge on any atom is 0.280 e. The molecule has 2 N–H and O–H groups in total. The number of rotatable bonds is 6. The number of fused-ring (bicyclic) bond motifs is 2. The van der Waals surface area contributed by atoms with Gasteiger partial charge >= 0.3 is 0 Å². The van der Waals surface area contributed by atoms with Crippen molar-refractivity contribution < 1.29 is 4.74 Å². The summed E-state index contributed by atoms with van der Waals surface area (Å²) >= 11 is 0. The quantitative estimate of drug-likeness (QED) is 0.441. The molecule has 1 fully saturated rings. The van der Waals surface area contributed by atoms with Crippen molar-refractivity contribution in [2.75, 3.05) is 32.1 Å². The fourth-order valence-corrected chi connectivity index (χ4v) is 4.33. The molecule has 0 unspecified atom stereocenters. The van der Waals surface area contributed by atoms with Gasteiger partial charge in [-0.2, -0.15) is 4.98 Å². The van der Waals surface area contributed by atoms with Gasteiger partial charge in [-0.1, -0.05) is 18.2 Å². The Balaban J connectivity index is 1.21. The van der Waals surface area contributed by atoms with Gasteiger partial charge in [0.25, 0.3) is 5.56 Å². The Morgan fingerprint density at radius 2 is 1.85 bits per heavy atom. The summed E-state index contributed by atoms with van der Waals surface area (Å²) in [6.07, 6.45) is 3.01. The molecule has 0 spiro atoms. The maximum atomic E-state index is 12.6. The SMILES string of the molecule is COc1ccc(CCN2CCC(Nc3nc4nc5ccc(C)cc5nc4c(=O)[nH]3)CC2)cc1. The number of methoxy groups -OCH3 is 1. The summed E-state index contributed by atoms with van der Waals surface area (Å²) in [6.45, 7) is 5.04. The fourth-order valence-electron chi connectivity index (χ4n) is 4.33. The normalized spacial score (nSPS) is 15.2. The van der Waals surface area contributed by atoms with Gasteiger partial charge in [-0.25, -0.2) is 9.97 Å². The molecule has 2 aromatic heterocycles. The van der Waals surface area contributed by atoms with Gasteiger partial charge in [0.05, 0.1) is 18.1 Å². The van der Waals surface area contributed by atoms with Gasteiger partial charge in [-0.05, 0) is 61.6 Å². The molecule has 1 saturated heterocycles. The van der Waals surface area contributed by atoms with Gasteiger partial charge in [0.2, 0.25) is 5.95 Å². The monoisotopic (exact) mass is 444 g/mol. The van der Waals surface area contributed by atoms with Crippen molar-refractivity contribution in [2.24, 2.45) is 0 Å². The number of hydrogen-bond acceptors (Lipinski definition) is 7. The highest BCUT2D eigenvalue weighted by molar-refractivity contribution is 5.84. The lowest BCUT2D eigenvalue weighted by molar-refractivity contribution is 0.221. The highest BCUT2D eigenvalue weighted by Crippen LogP contribution is 2.18. The first-order valence-corrected chi connectivity index (χ1v) is 11.4. The van der Waals surface area contributed by atoms with Crippen LogP contribution in [0, 0.1) is 6.92 Å². The van der Waals surface area contributed by atoms with Crippen LogP contribution in [0.3, 0.4) is 0 Å². The first-order chi connectivity index (χ1) is 16.1. The van der Waals surface area contributed by atoms with Crippen LogP contribution in [-0.2, 0) is 6.42 Å². The van der Waals surface area contributed by atoms with Crippen molar-refractivity contribution >= 4 is 28.1 Å².